The predicted molar refractivity (Wildman–Crippen MR) is 121 cm³/mol. The monoisotopic (exact) mass is 413 g/mol. The molecule has 0 unspecified atom stereocenters. The second-order valence-electron chi connectivity index (χ2n) is 7.19. The van der Waals surface area contributed by atoms with Gasteiger partial charge < -0.3 is 19.9 Å². The fraction of sp³-hybridized carbons (Fsp3) is 0.348. The van der Waals surface area contributed by atoms with Crippen molar-refractivity contribution in [2.75, 3.05) is 50.1 Å². The van der Waals surface area contributed by atoms with Crippen molar-refractivity contribution in [3.8, 4) is 5.75 Å². The van der Waals surface area contributed by atoms with Gasteiger partial charge in [0.2, 0.25) is 5.91 Å². The standard InChI is InChI=1S/C23H28ClN3O2/c1-3-16-29-20-8-4-18(5-9-20)6-11-23(28)25-21-17-19(24)7-10-22(21)27-14-12-26(2)13-15-27/h4-11,17H,3,12-16H2,1-2H3,(H,25,28)/b11-6+. The number of hydrogen-bond acceptors (Lipinski definition) is 4. The molecule has 3 rings (SSSR count). The first kappa shape index (κ1) is 21.2. The second-order valence-corrected chi connectivity index (χ2v) is 7.63. The second kappa shape index (κ2) is 10.3. The van der Waals surface area contributed by atoms with Crippen molar-refractivity contribution in [1.82, 2.24) is 4.90 Å². The van der Waals surface area contributed by atoms with E-state index < -0.39 is 0 Å². The summed E-state index contributed by atoms with van der Waals surface area (Å²) < 4.78 is 5.58. The molecule has 1 fully saturated rings. The molecule has 0 atom stereocenters. The molecule has 0 aromatic heterocycles. The van der Waals surface area contributed by atoms with E-state index in [0.717, 1.165) is 55.3 Å². The molecule has 5 nitrogen and oxygen atoms in total. The van der Waals surface area contributed by atoms with Crippen LogP contribution in [0.2, 0.25) is 5.02 Å². The Labute approximate surface area is 177 Å². The van der Waals surface area contributed by atoms with Crippen molar-refractivity contribution in [3.05, 3.63) is 59.1 Å². The summed E-state index contributed by atoms with van der Waals surface area (Å²) in [6.07, 6.45) is 4.30. The van der Waals surface area contributed by atoms with Crippen LogP contribution in [0.4, 0.5) is 11.4 Å². The van der Waals surface area contributed by atoms with Gasteiger partial charge in [-0.2, -0.15) is 0 Å². The minimum Gasteiger partial charge on any atom is -0.494 e. The van der Waals surface area contributed by atoms with Crippen LogP contribution in [0, 0.1) is 0 Å². The summed E-state index contributed by atoms with van der Waals surface area (Å²) in [6.45, 7) is 6.60. The molecule has 1 aliphatic heterocycles. The molecular formula is C23H28ClN3O2. The molecule has 1 aliphatic rings. The molecule has 6 heteroatoms. The zero-order chi connectivity index (χ0) is 20.6. The fourth-order valence-corrected chi connectivity index (χ4v) is 3.34. The number of rotatable bonds is 7. The lowest BCUT2D eigenvalue weighted by Gasteiger charge is -2.35. The largest absolute Gasteiger partial charge is 0.494 e. The Hall–Kier alpha value is -2.50. The summed E-state index contributed by atoms with van der Waals surface area (Å²) in [4.78, 5) is 17.1. The van der Waals surface area contributed by atoms with Gasteiger partial charge in [-0.05, 0) is 55.4 Å². The number of likely N-dealkylation sites (N-methyl/N-ethyl adjacent to an activating group) is 1. The number of halogens is 1. The normalized spacial score (nSPS) is 14.9. The molecule has 154 valence electrons. The van der Waals surface area contributed by atoms with E-state index in [4.69, 9.17) is 16.3 Å². The molecule has 1 saturated heterocycles. The third-order valence-corrected chi connectivity index (χ3v) is 5.08. The van der Waals surface area contributed by atoms with E-state index in [1.165, 1.54) is 6.08 Å². The van der Waals surface area contributed by atoms with Crippen LogP contribution < -0.4 is 15.0 Å². The van der Waals surface area contributed by atoms with Crippen LogP contribution in [-0.4, -0.2) is 50.6 Å². The highest BCUT2D eigenvalue weighted by Crippen LogP contribution is 2.30. The van der Waals surface area contributed by atoms with E-state index >= 15 is 0 Å². The van der Waals surface area contributed by atoms with Crippen LogP contribution in [0.1, 0.15) is 18.9 Å². The summed E-state index contributed by atoms with van der Waals surface area (Å²) >= 11 is 6.18. The summed E-state index contributed by atoms with van der Waals surface area (Å²) in [5.41, 5.74) is 2.68. The first-order valence-electron chi connectivity index (χ1n) is 10.00. The summed E-state index contributed by atoms with van der Waals surface area (Å²) in [7, 11) is 2.12. The number of anilines is 2. The molecule has 0 spiro atoms. The zero-order valence-corrected chi connectivity index (χ0v) is 17.8. The maximum atomic E-state index is 12.5. The van der Waals surface area contributed by atoms with Gasteiger partial charge in [0.05, 0.1) is 18.0 Å². The molecule has 1 amide bonds. The lowest BCUT2D eigenvalue weighted by Crippen LogP contribution is -2.44. The number of ether oxygens (including phenoxy) is 1. The van der Waals surface area contributed by atoms with Gasteiger partial charge >= 0.3 is 0 Å². The van der Waals surface area contributed by atoms with Crippen molar-refractivity contribution < 1.29 is 9.53 Å². The molecule has 0 radical (unpaired) electrons. The Balaban J connectivity index is 1.65. The SMILES string of the molecule is CCCOc1ccc(/C=C/C(=O)Nc2cc(Cl)ccc2N2CCN(C)CC2)cc1. The Bertz CT molecular complexity index is 844. The Kier molecular flexibility index (Phi) is 7.55. The van der Waals surface area contributed by atoms with E-state index in [0.29, 0.717) is 11.6 Å². The topological polar surface area (TPSA) is 44.8 Å². The van der Waals surface area contributed by atoms with Crippen LogP contribution in [0.3, 0.4) is 0 Å². The molecule has 0 aliphatic carbocycles. The smallest absolute Gasteiger partial charge is 0.248 e. The van der Waals surface area contributed by atoms with E-state index in [9.17, 15) is 4.79 Å². The van der Waals surface area contributed by atoms with Gasteiger partial charge in [0, 0.05) is 37.3 Å². The first-order chi connectivity index (χ1) is 14.0. The van der Waals surface area contributed by atoms with Crippen LogP contribution in [0.5, 0.6) is 5.75 Å². The number of hydrogen-bond donors (Lipinski definition) is 1. The molecule has 0 saturated carbocycles. The van der Waals surface area contributed by atoms with E-state index in [1.54, 1.807) is 12.1 Å². The van der Waals surface area contributed by atoms with E-state index in [1.807, 2.05) is 36.4 Å². The first-order valence-corrected chi connectivity index (χ1v) is 10.4. The molecule has 0 bridgehead atoms. The van der Waals surface area contributed by atoms with Gasteiger partial charge in [-0.3, -0.25) is 4.79 Å². The van der Waals surface area contributed by atoms with Gasteiger partial charge in [-0.25, -0.2) is 0 Å². The molecular weight excluding hydrogens is 386 g/mol. The van der Waals surface area contributed by atoms with Crippen LogP contribution in [0.25, 0.3) is 6.08 Å². The van der Waals surface area contributed by atoms with Crippen molar-refractivity contribution in [2.45, 2.75) is 13.3 Å². The Morgan fingerprint density at radius 2 is 1.86 bits per heavy atom. The number of nitrogens with zero attached hydrogens (tertiary/aromatic N) is 2. The van der Waals surface area contributed by atoms with Crippen LogP contribution in [-0.2, 0) is 4.79 Å². The maximum Gasteiger partial charge on any atom is 0.248 e. The number of amides is 1. The fourth-order valence-electron chi connectivity index (χ4n) is 3.17. The van der Waals surface area contributed by atoms with E-state index in [-0.39, 0.29) is 5.91 Å². The average Bonchev–Trinajstić information content (AvgIpc) is 2.72. The summed E-state index contributed by atoms with van der Waals surface area (Å²) in [5, 5.41) is 3.58. The van der Waals surface area contributed by atoms with Gasteiger partial charge in [-0.1, -0.05) is 30.7 Å². The number of carbonyl (C=O) groups is 1. The molecule has 29 heavy (non-hydrogen) atoms. The Morgan fingerprint density at radius 1 is 1.14 bits per heavy atom. The minimum atomic E-state index is -0.186. The number of benzene rings is 2. The van der Waals surface area contributed by atoms with Gasteiger partial charge in [-0.15, -0.1) is 0 Å². The number of carbonyl (C=O) groups excluding carboxylic acids is 1. The van der Waals surface area contributed by atoms with Crippen molar-refractivity contribution in [3.63, 3.8) is 0 Å². The molecule has 2 aromatic rings. The maximum absolute atomic E-state index is 12.5. The molecule has 1 heterocycles. The zero-order valence-electron chi connectivity index (χ0n) is 17.0. The van der Waals surface area contributed by atoms with E-state index in [2.05, 4.69) is 29.1 Å². The van der Waals surface area contributed by atoms with Crippen molar-refractivity contribution in [2.24, 2.45) is 0 Å². The van der Waals surface area contributed by atoms with Crippen LogP contribution in [0.15, 0.2) is 48.5 Å². The summed E-state index contributed by atoms with van der Waals surface area (Å²) in [5.74, 6) is 0.651. The van der Waals surface area contributed by atoms with Crippen LogP contribution >= 0.6 is 11.6 Å². The number of piperazine rings is 1. The van der Waals surface area contributed by atoms with Gasteiger partial charge in [0.1, 0.15) is 5.75 Å². The summed E-state index contributed by atoms with van der Waals surface area (Å²) in [6, 6.07) is 13.3. The third kappa shape index (κ3) is 6.24. The average molecular weight is 414 g/mol. The van der Waals surface area contributed by atoms with Crippen molar-refractivity contribution in [1.29, 1.82) is 0 Å². The highest BCUT2D eigenvalue weighted by atomic mass is 35.5. The minimum absolute atomic E-state index is 0.186. The quantitative estimate of drug-likeness (QED) is 0.677. The predicted octanol–water partition coefficient (Wildman–Crippen LogP) is 4.53. The molecule has 1 N–H and O–H groups in total. The highest BCUT2D eigenvalue weighted by molar-refractivity contribution is 6.31. The van der Waals surface area contributed by atoms with Gasteiger partial charge in [0.25, 0.3) is 0 Å². The number of nitrogens with one attached hydrogen (secondary N) is 1. The van der Waals surface area contributed by atoms with Gasteiger partial charge in [0.15, 0.2) is 0 Å². The lowest BCUT2D eigenvalue weighted by molar-refractivity contribution is -0.111. The highest BCUT2D eigenvalue weighted by Gasteiger charge is 2.18. The lowest BCUT2D eigenvalue weighted by atomic mass is 10.2. The molecule has 2 aromatic carbocycles. The Morgan fingerprint density at radius 3 is 2.55 bits per heavy atom. The van der Waals surface area contributed by atoms with Crippen molar-refractivity contribution >= 4 is 35.0 Å². The third-order valence-electron chi connectivity index (χ3n) is 4.84.